The topological polar surface area (TPSA) is 20.2 Å². The van der Waals surface area contributed by atoms with Crippen molar-refractivity contribution in [3.63, 3.8) is 0 Å². The van der Waals surface area contributed by atoms with Gasteiger partial charge in [0.15, 0.2) is 0 Å². The van der Waals surface area contributed by atoms with E-state index < -0.39 is 12.3 Å². The van der Waals surface area contributed by atoms with Crippen molar-refractivity contribution < 1.29 is 9.50 Å². The van der Waals surface area contributed by atoms with Crippen LogP contribution < -0.4 is 0 Å². The second kappa shape index (κ2) is 7.22. The van der Waals surface area contributed by atoms with Gasteiger partial charge in [-0.05, 0) is 12.8 Å². The molecule has 1 N–H and O–H groups in total. The Morgan fingerprint density at radius 2 is 1.14 bits per heavy atom. The summed E-state index contributed by atoms with van der Waals surface area (Å²) in [5.74, 6) is 0. The summed E-state index contributed by atoms with van der Waals surface area (Å²) in [5, 5.41) is 9.49. The molecule has 14 heavy (non-hydrogen) atoms. The van der Waals surface area contributed by atoms with Crippen LogP contribution in [0.2, 0.25) is 0 Å². The number of hydrogen-bond acceptors (Lipinski definition) is 1. The van der Waals surface area contributed by atoms with Gasteiger partial charge in [0.1, 0.15) is 6.17 Å². The summed E-state index contributed by atoms with van der Waals surface area (Å²) in [6.07, 6.45) is 8.86. The third kappa shape index (κ3) is 4.94. The average Bonchev–Trinajstić information content (AvgIpc) is 2.18. The molecule has 1 aliphatic carbocycles. The fourth-order valence-electron chi connectivity index (χ4n) is 2.13. The van der Waals surface area contributed by atoms with E-state index in [4.69, 9.17) is 0 Å². The average molecular weight is 202 g/mol. The third-order valence-electron chi connectivity index (χ3n) is 3.15. The van der Waals surface area contributed by atoms with Gasteiger partial charge in [-0.3, -0.25) is 0 Å². The molecule has 1 rings (SSSR count). The molecule has 0 radical (unpaired) electrons. The van der Waals surface area contributed by atoms with E-state index in [-0.39, 0.29) is 0 Å². The van der Waals surface area contributed by atoms with Gasteiger partial charge < -0.3 is 5.11 Å². The molecule has 0 heterocycles. The van der Waals surface area contributed by atoms with Crippen molar-refractivity contribution in [1.29, 1.82) is 0 Å². The zero-order valence-corrected chi connectivity index (χ0v) is 9.05. The van der Waals surface area contributed by atoms with Crippen LogP contribution in [0.4, 0.5) is 4.39 Å². The van der Waals surface area contributed by atoms with Gasteiger partial charge in [0, 0.05) is 0 Å². The normalized spacial score (nSPS) is 33.0. The number of aliphatic hydroxyl groups is 1. The van der Waals surface area contributed by atoms with Gasteiger partial charge in [-0.1, -0.05) is 51.4 Å². The molecular weight excluding hydrogens is 179 g/mol. The van der Waals surface area contributed by atoms with Gasteiger partial charge >= 0.3 is 0 Å². The third-order valence-corrected chi connectivity index (χ3v) is 3.15. The lowest BCUT2D eigenvalue weighted by Crippen LogP contribution is -2.21. The monoisotopic (exact) mass is 202 g/mol. The summed E-state index contributed by atoms with van der Waals surface area (Å²) in [5.41, 5.74) is 0. The van der Waals surface area contributed by atoms with Gasteiger partial charge in [0.25, 0.3) is 0 Å². The fraction of sp³-hybridized carbons (Fsp3) is 1.00. The molecule has 0 spiro atoms. The lowest BCUT2D eigenvalue weighted by Gasteiger charge is -2.16. The summed E-state index contributed by atoms with van der Waals surface area (Å²) >= 11 is 0. The van der Waals surface area contributed by atoms with Crippen LogP contribution in [0.1, 0.15) is 64.2 Å². The molecule has 1 unspecified atom stereocenters. The van der Waals surface area contributed by atoms with Crippen LogP contribution in [-0.2, 0) is 0 Å². The van der Waals surface area contributed by atoms with Crippen LogP contribution in [0.25, 0.3) is 0 Å². The van der Waals surface area contributed by atoms with Gasteiger partial charge in [-0.15, -0.1) is 0 Å². The predicted octanol–water partition coefficient (Wildman–Crippen LogP) is 3.60. The van der Waals surface area contributed by atoms with Crippen molar-refractivity contribution in [3.8, 4) is 0 Å². The highest BCUT2D eigenvalue weighted by atomic mass is 19.1. The number of rotatable bonds is 0. The van der Waals surface area contributed by atoms with Crippen LogP contribution >= 0.6 is 0 Å². The van der Waals surface area contributed by atoms with Crippen molar-refractivity contribution in [2.24, 2.45) is 0 Å². The Morgan fingerprint density at radius 3 is 1.71 bits per heavy atom. The van der Waals surface area contributed by atoms with E-state index in [2.05, 4.69) is 0 Å². The van der Waals surface area contributed by atoms with E-state index in [0.29, 0.717) is 12.8 Å². The lowest BCUT2D eigenvalue weighted by atomic mass is 9.98. The Morgan fingerprint density at radius 1 is 0.714 bits per heavy atom. The maximum absolute atomic E-state index is 13.3. The van der Waals surface area contributed by atoms with Crippen LogP contribution in [0.5, 0.6) is 0 Å². The quantitative estimate of drug-likeness (QED) is 0.636. The molecule has 2 atom stereocenters. The molecule has 0 aliphatic heterocycles. The van der Waals surface area contributed by atoms with E-state index in [9.17, 15) is 9.50 Å². The van der Waals surface area contributed by atoms with Crippen molar-refractivity contribution >= 4 is 0 Å². The first-order chi connectivity index (χ1) is 6.80. The molecular formula is C12H23FO. The molecule has 1 saturated carbocycles. The summed E-state index contributed by atoms with van der Waals surface area (Å²) < 4.78 is 13.3. The minimum absolute atomic E-state index is 0.557. The number of alkyl halides is 1. The minimum Gasteiger partial charge on any atom is -0.390 e. The first-order valence-electron chi connectivity index (χ1n) is 6.13. The minimum atomic E-state index is -0.977. The van der Waals surface area contributed by atoms with Crippen LogP contribution in [0, 0.1) is 0 Å². The highest BCUT2D eigenvalue weighted by molar-refractivity contribution is 4.68. The standard InChI is InChI=1S/C12H23FO/c13-11-9-7-5-3-1-2-4-6-8-10-12(11)14/h11-12,14H,1-10H2/t11?,12-/m1/s1. The van der Waals surface area contributed by atoms with E-state index >= 15 is 0 Å². The van der Waals surface area contributed by atoms with E-state index in [1.165, 1.54) is 25.7 Å². The summed E-state index contributed by atoms with van der Waals surface area (Å²) in [4.78, 5) is 0. The maximum Gasteiger partial charge on any atom is 0.126 e. The molecule has 0 saturated heterocycles. The van der Waals surface area contributed by atoms with Gasteiger partial charge in [-0.25, -0.2) is 4.39 Å². The van der Waals surface area contributed by atoms with Crippen LogP contribution in [0.3, 0.4) is 0 Å². The van der Waals surface area contributed by atoms with Crippen LogP contribution in [0.15, 0.2) is 0 Å². The maximum atomic E-state index is 13.3. The second-order valence-corrected chi connectivity index (χ2v) is 4.49. The zero-order chi connectivity index (χ0) is 10.2. The Labute approximate surface area is 86.7 Å². The molecule has 1 nitrogen and oxygen atoms in total. The first-order valence-corrected chi connectivity index (χ1v) is 6.13. The molecule has 1 aliphatic rings. The fourth-order valence-corrected chi connectivity index (χ4v) is 2.13. The van der Waals surface area contributed by atoms with E-state index in [0.717, 1.165) is 25.7 Å². The molecule has 0 bridgehead atoms. The Bertz CT molecular complexity index is 122. The van der Waals surface area contributed by atoms with Gasteiger partial charge in [0.05, 0.1) is 6.10 Å². The molecule has 0 amide bonds. The lowest BCUT2D eigenvalue weighted by molar-refractivity contribution is 0.0617. The van der Waals surface area contributed by atoms with Crippen molar-refractivity contribution in [2.45, 2.75) is 76.5 Å². The highest BCUT2D eigenvalue weighted by Crippen LogP contribution is 2.18. The number of halogens is 1. The summed E-state index contributed by atoms with van der Waals surface area (Å²) in [7, 11) is 0. The summed E-state index contributed by atoms with van der Waals surface area (Å²) in [6, 6.07) is 0. The Balaban J connectivity index is 2.23. The molecule has 0 aromatic heterocycles. The molecule has 2 heteroatoms. The predicted molar refractivity (Wildman–Crippen MR) is 57.1 cm³/mol. The number of aliphatic hydroxyl groups excluding tert-OH is 1. The van der Waals surface area contributed by atoms with E-state index in [1.807, 2.05) is 0 Å². The van der Waals surface area contributed by atoms with Gasteiger partial charge in [-0.2, -0.15) is 0 Å². The number of hydrogen-bond donors (Lipinski definition) is 1. The molecule has 1 fully saturated rings. The van der Waals surface area contributed by atoms with Crippen molar-refractivity contribution in [3.05, 3.63) is 0 Å². The van der Waals surface area contributed by atoms with Crippen LogP contribution in [-0.4, -0.2) is 17.4 Å². The van der Waals surface area contributed by atoms with E-state index in [1.54, 1.807) is 0 Å². The van der Waals surface area contributed by atoms with Crippen molar-refractivity contribution in [1.82, 2.24) is 0 Å². The Kier molecular flexibility index (Phi) is 6.17. The van der Waals surface area contributed by atoms with Gasteiger partial charge in [0.2, 0.25) is 0 Å². The second-order valence-electron chi connectivity index (χ2n) is 4.49. The molecule has 0 aromatic carbocycles. The zero-order valence-electron chi connectivity index (χ0n) is 9.05. The SMILES string of the molecule is O[C@@H]1CCCCCCCCCCC1F. The first kappa shape index (κ1) is 12.0. The summed E-state index contributed by atoms with van der Waals surface area (Å²) in [6.45, 7) is 0. The largest absolute Gasteiger partial charge is 0.390 e. The molecule has 0 aromatic rings. The molecule has 84 valence electrons. The van der Waals surface area contributed by atoms with Crippen molar-refractivity contribution in [2.75, 3.05) is 0 Å². The Hall–Kier alpha value is -0.110. The smallest absolute Gasteiger partial charge is 0.126 e. The highest BCUT2D eigenvalue weighted by Gasteiger charge is 2.17.